The number of carbonyl (C=O) groups excluding carboxylic acids is 1. The van der Waals surface area contributed by atoms with Crippen molar-refractivity contribution in [2.75, 3.05) is 7.11 Å². The zero-order chi connectivity index (χ0) is 8.27. The number of hydrogen-bond acceptors (Lipinski definition) is 3. The topological polar surface area (TPSA) is 39.2 Å². The lowest BCUT2D eigenvalue weighted by atomic mass is 10.3. The van der Waals surface area contributed by atoms with E-state index in [1.54, 1.807) is 12.3 Å². The number of pyridine rings is 1. The first kappa shape index (κ1) is 8.20. The van der Waals surface area contributed by atoms with Gasteiger partial charge in [-0.05, 0) is 22.0 Å². The average Bonchev–Trinajstić information content (AvgIpc) is 2.04. The minimum Gasteiger partial charge on any atom is -0.494 e. The van der Waals surface area contributed by atoms with Crippen molar-refractivity contribution >= 4 is 22.2 Å². The SMILES string of the molecule is COc1cc(Br)cnc1C=O. The molecule has 1 rings (SSSR count). The average molecular weight is 216 g/mol. The maximum Gasteiger partial charge on any atom is 0.172 e. The monoisotopic (exact) mass is 215 g/mol. The summed E-state index contributed by atoms with van der Waals surface area (Å²) in [5, 5.41) is 0. The van der Waals surface area contributed by atoms with E-state index in [-0.39, 0.29) is 0 Å². The van der Waals surface area contributed by atoms with Crippen LogP contribution in [0.5, 0.6) is 5.75 Å². The highest BCUT2D eigenvalue weighted by Gasteiger charge is 2.02. The molecule has 0 saturated carbocycles. The molecule has 4 heteroatoms. The number of carbonyl (C=O) groups is 1. The molecule has 0 aromatic carbocycles. The molecule has 3 nitrogen and oxygen atoms in total. The van der Waals surface area contributed by atoms with Crippen molar-refractivity contribution in [3.8, 4) is 5.75 Å². The fourth-order valence-electron chi connectivity index (χ4n) is 0.683. The minimum absolute atomic E-state index is 0.315. The first-order valence-corrected chi connectivity index (χ1v) is 3.72. The normalized spacial score (nSPS) is 9.27. The molecule has 0 fully saturated rings. The molecule has 0 saturated heterocycles. The highest BCUT2D eigenvalue weighted by Crippen LogP contribution is 2.18. The minimum atomic E-state index is 0.315. The molecular weight excluding hydrogens is 210 g/mol. The molecule has 1 aromatic rings. The van der Waals surface area contributed by atoms with E-state index >= 15 is 0 Å². The predicted octanol–water partition coefficient (Wildman–Crippen LogP) is 1.67. The molecular formula is C7H6BrNO2. The Morgan fingerprint density at radius 2 is 2.45 bits per heavy atom. The fourth-order valence-corrected chi connectivity index (χ4v) is 0.994. The number of rotatable bonds is 2. The molecule has 0 atom stereocenters. The van der Waals surface area contributed by atoms with Crippen molar-refractivity contribution in [2.45, 2.75) is 0 Å². The van der Waals surface area contributed by atoms with E-state index < -0.39 is 0 Å². The number of aldehydes is 1. The number of hydrogen-bond donors (Lipinski definition) is 0. The van der Waals surface area contributed by atoms with Crippen LogP contribution >= 0.6 is 15.9 Å². The van der Waals surface area contributed by atoms with Crippen molar-refractivity contribution in [1.29, 1.82) is 0 Å². The van der Waals surface area contributed by atoms with Crippen molar-refractivity contribution in [1.82, 2.24) is 4.98 Å². The van der Waals surface area contributed by atoms with Gasteiger partial charge in [0.05, 0.1) is 7.11 Å². The molecule has 11 heavy (non-hydrogen) atoms. The Morgan fingerprint density at radius 1 is 1.73 bits per heavy atom. The Balaban J connectivity index is 3.16. The Hall–Kier alpha value is -0.900. The van der Waals surface area contributed by atoms with Gasteiger partial charge >= 0.3 is 0 Å². The van der Waals surface area contributed by atoms with Crippen LogP contribution in [-0.4, -0.2) is 18.4 Å². The van der Waals surface area contributed by atoms with E-state index in [4.69, 9.17) is 4.74 Å². The molecule has 0 aliphatic heterocycles. The summed E-state index contributed by atoms with van der Waals surface area (Å²) in [6.45, 7) is 0. The standard InChI is InChI=1S/C7H6BrNO2/c1-11-7-2-5(8)3-9-6(7)4-10/h2-4H,1H3. The van der Waals surface area contributed by atoms with Gasteiger partial charge in [-0.2, -0.15) is 0 Å². The van der Waals surface area contributed by atoms with Crippen LogP contribution in [0.3, 0.4) is 0 Å². The first-order chi connectivity index (χ1) is 5.27. The van der Waals surface area contributed by atoms with E-state index in [0.29, 0.717) is 17.7 Å². The van der Waals surface area contributed by atoms with Crippen LogP contribution in [0.2, 0.25) is 0 Å². The van der Waals surface area contributed by atoms with Crippen molar-refractivity contribution in [2.24, 2.45) is 0 Å². The Labute approximate surface area is 72.5 Å². The van der Waals surface area contributed by atoms with Gasteiger partial charge in [0.1, 0.15) is 11.4 Å². The number of methoxy groups -OCH3 is 1. The second kappa shape index (κ2) is 3.48. The maximum absolute atomic E-state index is 10.3. The van der Waals surface area contributed by atoms with E-state index in [0.717, 1.165) is 4.47 Å². The Kier molecular flexibility index (Phi) is 2.59. The third kappa shape index (κ3) is 1.77. The van der Waals surface area contributed by atoms with Gasteiger partial charge in [0.2, 0.25) is 0 Å². The van der Waals surface area contributed by atoms with E-state index in [9.17, 15) is 4.79 Å². The Morgan fingerprint density at radius 3 is 3.00 bits per heavy atom. The third-order valence-corrected chi connectivity index (χ3v) is 1.61. The van der Waals surface area contributed by atoms with Gasteiger partial charge in [-0.25, -0.2) is 4.98 Å². The summed E-state index contributed by atoms with van der Waals surface area (Å²) in [7, 11) is 1.50. The van der Waals surface area contributed by atoms with Crippen LogP contribution in [0, 0.1) is 0 Å². The van der Waals surface area contributed by atoms with Crippen LogP contribution in [0.4, 0.5) is 0 Å². The van der Waals surface area contributed by atoms with Gasteiger partial charge in [0.15, 0.2) is 6.29 Å². The maximum atomic E-state index is 10.3. The van der Waals surface area contributed by atoms with Gasteiger partial charge in [0.25, 0.3) is 0 Å². The van der Waals surface area contributed by atoms with Gasteiger partial charge in [-0.15, -0.1) is 0 Å². The Bertz CT molecular complexity index is 275. The van der Waals surface area contributed by atoms with Crippen molar-refractivity contribution in [3.63, 3.8) is 0 Å². The summed E-state index contributed by atoms with van der Waals surface area (Å²) >= 11 is 3.21. The zero-order valence-corrected chi connectivity index (χ0v) is 7.46. The van der Waals surface area contributed by atoms with Crippen molar-refractivity contribution < 1.29 is 9.53 Å². The van der Waals surface area contributed by atoms with Gasteiger partial charge in [-0.3, -0.25) is 4.79 Å². The van der Waals surface area contributed by atoms with Gasteiger partial charge < -0.3 is 4.74 Å². The summed E-state index contributed by atoms with van der Waals surface area (Å²) in [5.74, 6) is 0.481. The molecule has 0 amide bonds. The molecule has 0 spiro atoms. The molecule has 58 valence electrons. The molecule has 1 heterocycles. The lowest BCUT2D eigenvalue weighted by Gasteiger charge is -2.01. The van der Waals surface area contributed by atoms with E-state index in [2.05, 4.69) is 20.9 Å². The zero-order valence-electron chi connectivity index (χ0n) is 5.87. The molecule has 0 aliphatic carbocycles. The quantitative estimate of drug-likeness (QED) is 0.705. The van der Waals surface area contributed by atoms with Crippen molar-refractivity contribution in [3.05, 3.63) is 22.4 Å². The van der Waals surface area contributed by atoms with Crippen LogP contribution in [0.1, 0.15) is 10.5 Å². The largest absolute Gasteiger partial charge is 0.494 e. The lowest BCUT2D eigenvalue weighted by Crippen LogP contribution is -1.93. The van der Waals surface area contributed by atoms with Gasteiger partial charge in [-0.1, -0.05) is 0 Å². The summed E-state index contributed by atoms with van der Waals surface area (Å²) in [5.41, 5.74) is 0.315. The number of nitrogens with zero attached hydrogens (tertiary/aromatic N) is 1. The summed E-state index contributed by atoms with van der Waals surface area (Å²) < 4.78 is 5.68. The van der Waals surface area contributed by atoms with Crippen LogP contribution in [0.25, 0.3) is 0 Å². The summed E-state index contributed by atoms with van der Waals surface area (Å²) in [4.78, 5) is 14.2. The molecule has 0 N–H and O–H groups in total. The van der Waals surface area contributed by atoms with Crippen LogP contribution < -0.4 is 4.74 Å². The van der Waals surface area contributed by atoms with Crippen LogP contribution in [0.15, 0.2) is 16.7 Å². The highest BCUT2D eigenvalue weighted by molar-refractivity contribution is 9.10. The molecule has 0 bridgehead atoms. The van der Waals surface area contributed by atoms with E-state index in [1.165, 1.54) is 7.11 Å². The number of ether oxygens (including phenoxy) is 1. The molecule has 0 radical (unpaired) electrons. The summed E-state index contributed by atoms with van der Waals surface area (Å²) in [6.07, 6.45) is 2.21. The van der Waals surface area contributed by atoms with Crippen LogP contribution in [-0.2, 0) is 0 Å². The lowest BCUT2D eigenvalue weighted by molar-refractivity contribution is 0.111. The smallest absolute Gasteiger partial charge is 0.172 e. The number of aromatic nitrogens is 1. The summed E-state index contributed by atoms with van der Waals surface area (Å²) in [6, 6.07) is 1.69. The molecule has 0 aliphatic rings. The predicted molar refractivity (Wildman–Crippen MR) is 43.9 cm³/mol. The highest BCUT2D eigenvalue weighted by atomic mass is 79.9. The first-order valence-electron chi connectivity index (χ1n) is 2.92. The second-order valence-electron chi connectivity index (χ2n) is 1.86. The molecule has 1 aromatic heterocycles. The second-order valence-corrected chi connectivity index (χ2v) is 2.77. The third-order valence-electron chi connectivity index (χ3n) is 1.18. The van der Waals surface area contributed by atoms with Gasteiger partial charge in [0, 0.05) is 10.7 Å². The van der Waals surface area contributed by atoms with E-state index in [1.807, 2.05) is 0 Å². The fraction of sp³-hybridized carbons (Fsp3) is 0.143. The molecule has 0 unspecified atom stereocenters. The number of halogens is 1.